The molecule has 0 fully saturated rings. The number of alkyl halides is 3. The number of aromatic nitrogens is 2. The van der Waals surface area contributed by atoms with Crippen LogP contribution in [0, 0.1) is 20.8 Å². The van der Waals surface area contributed by atoms with Gasteiger partial charge in [0.1, 0.15) is 11.6 Å². The highest BCUT2D eigenvalue weighted by atomic mass is 19.4. The van der Waals surface area contributed by atoms with E-state index in [0.717, 1.165) is 22.4 Å². The Morgan fingerprint density at radius 1 is 1.03 bits per heavy atom. The van der Waals surface area contributed by atoms with E-state index in [1.165, 1.54) is 18.2 Å². The molecule has 9 heteroatoms. The van der Waals surface area contributed by atoms with Gasteiger partial charge in [0.2, 0.25) is 5.95 Å². The van der Waals surface area contributed by atoms with E-state index in [1.807, 2.05) is 32.9 Å². The van der Waals surface area contributed by atoms with Crippen LogP contribution in [0.4, 0.5) is 30.6 Å². The second kappa shape index (κ2) is 9.44. The average Bonchev–Trinajstić information content (AvgIpc) is 2.69. The maximum atomic E-state index is 12.6. The SMILES string of the molecule is Cc1cc(C)c(Nc2cc(-c3cccc(OC(F)(F)F)c3)nc(N[C@@H](C)CO)n2)c(C)c1. The Morgan fingerprint density at radius 3 is 2.34 bits per heavy atom. The molecule has 0 saturated heterocycles. The van der Waals surface area contributed by atoms with Crippen LogP contribution in [0.5, 0.6) is 5.75 Å². The Labute approximate surface area is 184 Å². The Bertz CT molecular complexity index is 1080. The summed E-state index contributed by atoms with van der Waals surface area (Å²) in [5.74, 6) is 0.350. The van der Waals surface area contributed by atoms with Crippen molar-refractivity contribution in [3.05, 3.63) is 59.2 Å². The number of ether oxygens (including phenoxy) is 1. The first-order valence-electron chi connectivity index (χ1n) is 10.0. The lowest BCUT2D eigenvalue weighted by atomic mass is 10.1. The Kier molecular flexibility index (Phi) is 6.88. The van der Waals surface area contributed by atoms with E-state index in [9.17, 15) is 18.3 Å². The van der Waals surface area contributed by atoms with Gasteiger partial charge in [-0.2, -0.15) is 4.98 Å². The second-order valence-electron chi connectivity index (χ2n) is 7.66. The minimum absolute atomic E-state index is 0.137. The number of anilines is 3. The van der Waals surface area contributed by atoms with Crippen LogP contribution in [-0.4, -0.2) is 34.1 Å². The van der Waals surface area contributed by atoms with Crippen LogP contribution in [0.1, 0.15) is 23.6 Å². The summed E-state index contributed by atoms with van der Waals surface area (Å²) >= 11 is 0. The molecule has 0 aliphatic heterocycles. The Morgan fingerprint density at radius 2 is 1.72 bits per heavy atom. The number of hydrogen-bond donors (Lipinski definition) is 3. The van der Waals surface area contributed by atoms with Crippen LogP contribution in [-0.2, 0) is 0 Å². The topological polar surface area (TPSA) is 79.3 Å². The molecule has 1 atom stereocenters. The van der Waals surface area contributed by atoms with Gasteiger partial charge in [-0.3, -0.25) is 0 Å². The van der Waals surface area contributed by atoms with Gasteiger partial charge in [0.05, 0.1) is 12.3 Å². The third-order valence-corrected chi connectivity index (χ3v) is 4.67. The van der Waals surface area contributed by atoms with E-state index < -0.39 is 6.36 Å². The fourth-order valence-electron chi connectivity index (χ4n) is 3.35. The van der Waals surface area contributed by atoms with Crippen LogP contribution in [0.25, 0.3) is 11.3 Å². The smallest absolute Gasteiger partial charge is 0.406 e. The van der Waals surface area contributed by atoms with Gasteiger partial charge in [-0.05, 0) is 51.0 Å². The van der Waals surface area contributed by atoms with Crippen molar-refractivity contribution >= 4 is 17.5 Å². The summed E-state index contributed by atoms with van der Waals surface area (Å²) in [6, 6.07) is 11.0. The van der Waals surface area contributed by atoms with Gasteiger partial charge < -0.3 is 20.5 Å². The van der Waals surface area contributed by atoms with Crippen LogP contribution in [0.3, 0.4) is 0 Å². The number of aliphatic hydroxyl groups excluding tert-OH is 1. The number of nitrogens with one attached hydrogen (secondary N) is 2. The molecule has 0 unspecified atom stereocenters. The van der Waals surface area contributed by atoms with Crippen molar-refractivity contribution in [1.82, 2.24) is 9.97 Å². The molecule has 0 aliphatic carbocycles. The first-order chi connectivity index (χ1) is 15.0. The predicted molar refractivity (Wildman–Crippen MR) is 118 cm³/mol. The van der Waals surface area contributed by atoms with Gasteiger partial charge in [-0.15, -0.1) is 13.2 Å². The van der Waals surface area contributed by atoms with E-state index in [-0.39, 0.29) is 24.3 Å². The number of aryl methyl sites for hydroxylation is 3. The number of hydrogen-bond acceptors (Lipinski definition) is 6. The molecule has 3 rings (SSSR count). The molecule has 0 saturated carbocycles. The van der Waals surface area contributed by atoms with Gasteiger partial charge in [0, 0.05) is 23.4 Å². The minimum atomic E-state index is -4.79. The van der Waals surface area contributed by atoms with E-state index in [0.29, 0.717) is 17.1 Å². The molecule has 1 aromatic heterocycles. The quantitative estimate of drug-likeness (QED) is 0.445. The summed E-state index contributed by atoms with van der Waals surface area (Å²) in [5.41, 5.74) is 4.90. The maximum absolute atomic E-state index is 12.6. The molecule has 3 N–H and O–H groups in total. The normalized spacial score (nSPS) is 12.4. The van der Waals surface area contributed by atoms with Gasteiger partial charge >= 0.3 is 6.36 Å². The molecule has 0 amide bonds. The number of benzene rings is 2. The van der Waals surface area contributed by atoms with Crippen molar-refractivity contribution < 1.29 is 23.0 Å². The summed E-state index contributed by atoms with van der Waals surface area (Å²) in [6.07, 6.45) is -4.79. The second-order valence-corrected chi connectivity index (χ2v) is 7.66. The zero-order valence-electron chi connectivity index (χ0n) is 18.2. The van der Waals surface area contributed by atoms with Crippen LogP contribution in [0.2, 0.25) is 0 Å². The molecule has 0 spiro atoms. The van der Waals surface area contributed by atoms with Crippen molar-refractivity contribution in [2.24, 2.45) is 0 Å². The molecule has 2 aromatic carbocycles. The van der Waals surface area contributed by atoms with E-state index in [1.54, 1.807) is 19.1 Å². The summed E-state index contributed by atoms with van der Waals surface area (Å²) in [7, 11) is 0. The van der Waals surface area contributed by atoms with E-state index >= 15 is 0 Å². The highest BCUT2D eigenvalue weighted by molar-refractivity contribution is 5.71. The van der Waals surface area contributed by atoms with Gasteiger partial charge in [0.25, 0.3) is 0 Å². The molecular weight excluding hydrogens is 421 g/mol. The van der Waals surface area contributed by atoms with Crippen molar-refractivity contribution in [1.29, 1.82) is 0 Å². The number of rotatable bonds is 7. The minimum Gasteiger partial charge on any atom is -0.406 e. The third-order valence-electron chi connectivity index (χ3n) is 4.67. The molecular formula is C23H25F3N4O2. The van der Waals surface area contributed by atoms with Crippen molar-refractivity contribution in [2.45, 2.75) is 40.1 Å². The van der Waals surface area contributed by atoms with Gasteiger partial charge in [-0.25, -0.2) is 4.98 Å². The monoisotopic (exact) mass is 446 g/mol. The molecule has 1 heterocycles. The number of nitrogens with zero attached hydrogens (tertiary/aromatic N) is 2. The van der Waals surface area contributed by atoms with Gasteiger partial charge in [-0.1, -0.05) is 29.8 Å². The largest absolute Gasteiger partial charge is 0.573 e. The molecule has 0 bridgehead atoms. The first-order valence-corrected chi connectivity index (χ1v) is 10.0. The molecule has 0 aliphatic rings. The van der Waals surface area contributed by atoms with Crippen LogP contribution >= 0.6 is 0 Å². The third kappa shape index (κ3) is 6.10. The summed E-state index contributed by atoms with van der Waals surface area (Å²) < 4.78 is 42.0. The average molecular weight is 446 g/mol. The Balaban J connectivity index is 2.03. The fraction of sp³-hybridized carbons (Fsp3) is 0.304. The van der Waals surface area contributed by atoms with Crippen molar-refractivity contribution in [2.75, 3.05) is 17.2 Å². The lowest BCUT2D eigenvalue weighted by molar-refractivity contribution is -0.274. The highest BCUT2D eigenvalue weighted by Crippen LogP contribution is 2.31. The number of aliphatic hydroxyl groups is 1. The lowest BCUT2D eigenvalue weighted by Crippen LogP contribution is -2.21. The molecule has 3 aromatic rings. The molecule has 170 valence electrons. The zero-order chi connectivity index (χ0) is 23.5. The summed E-state index contributed by atoms with van der Waals surface area (Å²) in [5, 5.41) is 15.7. The maximum Gasteiger partial charge on any atom is 0.573 e. The van der Waals surface area contributed by atoms with E-state index in [2.05, 4.69) is 25.3 Å². The summed E-state index contributed by atoms with van der Waals surface area (Å²) in [4.78, 5) is 8.89. The number of halogens is 3. The van der Waals surface area contributed by atoms with Crippen LogP contribution in [0.15, 0.2) is 42.5 Å². The molecule has 32 heavy (non-hydrogen) atoms. The lowest BCUT2D eigenvalue weighted by Gasteiger charge is -2.17. The molecule has 0 radical (unpaired) electrons. The highest BCUT2D eigenvalue weighted by Gasteiger charge is 2.31. The fourth-order valence-corrected chi connectivity index (χ4v) is 3.35. The zero-order valence-corrected chi connectivity index (χ0v) is 18.2. The Hall–Kier alpha value is -3.33. The standard InChI is InChI=1S/C23H25F3N4O2/c1-13-8-14(2)21(15(3)9-13)29-20-11-19(28-22(30-20)27-16(4)12-31)17-6-5-7-18(10-17)32-23(24,25)26/h5-11,16,31H,12H2,1-4H3,(H2,27,28,29,30)/t16-/m0/s1. The van der Waals surface area contributed by atoms with Crippen LogP contribution < -0.4 is 15.4 Å². The van der Waals surface area contributed by atoms with Gasteiger partial charge in [0.15, 0.2) is 0 Å². The van der Waals surface area contributed by atoms with E-state index in [4.69, 9.17) is 0 Å². The summed E-state index contributed by atoms with van der Waals surface area (Å²) in [6.45, 7) is 7.60. The first kappa shape index (κ1) is 23.3. The molecule has 6 nitrogen and oxygen atoms in total. The van der Waals surface area contributed by atoms with Crippen molar-refractivity contribution in [3.8, 4) is 17.0 Å². The van der Waals surface area contributed by atoms with Crippen molar-refractivity contribution in [3.63, 3.8) is 0 Å². The predicted octanol–water partition coefficient (Wildman–Crippen LogP) is 5.50.